The van der Waals surface area contributed by atoms with Crippen LogP contribution >= 0.6 is 12.2 Å². The second-order valence-corrected chi connectivity index (χ2v) is 12.6. The Balaban J connectivity index is 0.00000420. The summed E-state index contributed by atoms with van der Waals surface area (Å²) in [5.74, 6) is 1.03. The number of likely N-dealkylation sites (N-methyl/N-ethyl adjacent to an activating group) is 1. The standard InChI is InChI=1S/C27H40N6O3S2.BrH/c1-8-12-22-24-25(31(7)30-22)27(37)29-26(28-24)21-15-20(13-14-23(21)36-11-4)38(34,35)32-16-18(5)33(9-2,10-3)19(6)17-32;/h13-15,18-19H,8-12,16-17H2,1-7H3;1H/t18-,19+;. The van der Waals surface area contributed by atoms with Gasteiger partial charge in [-0.1, -0.05) is 25.6 Å². The average Bonchev–Trinajstić information content (AvgIpc) is 3.20. The van der Waals surface area contributed by atoms with Crippen molar-refractivity contribution in [3.8, 4) is 17.1 Å². The third-order valence-corrected chi connectivity index (χ3v) is 10.4. The van der Waals surface area contributed by atoms with E-state index < -0.39 is 10.0 Å². The minimum absolute atomic E-state index is 0. The van der Waals surface area contributed by atoms with Crippen molar-refractivity contribution in [3.05, 3.63) is 28.5 Å². The molecule has 2 atom stereocenters. The second kappa shape index (κ2) is 12.3. The molecule has 1 N–H and O–H groups in total. The van der Waals surface area contributed by atoms with Gasteiger partial charge in [-0.05, 0) is 59.2 Å². The minimum Gasteiger partial charge on any atom is -1.00 e. The van der Waals surface area contributed by atoms with E-state index in [9.17, 15) is 8.42 Å². The normalized spacial score (nSPS) is 19.7. The number of aryl methyl sites for hydroxylation is 2. The highest BCUT2D eigenvalue weighted by atomic mass is 79.9. The number of H-pyrrole nitrogens is 1. The Hall–Kier alpha value is -1.86. The fraction of sp³-hybridized carbons (Fsp3) is 0.593. The summed E-state index contributed by atoms with van der Waals surface area (Å²) in [6.45, 7) is 16.1. The van der Waals surface area contributed by atoms with Gasteiger partial charge in [-0.15, -0.1) is 0 Å². The van der Waals surface area contributed by atoms with E-state index in [2.05, 4.69) is 49.7 Å². The molecule has 0 aliphatic carbocycles. The van der Waals surface area contributed by atoms with E-state index in [0.717, 1.165) is 47.1 Å². The zero-order chi connectivity index (χ0) is 27.8. The quantitative estimate of drug-likeness (QED) is 0.283. The molecule has 1 saturated heterocycles. The van der Waals surface area contributed by atoms with Crippen LogP contribution in [-0.4, -0.2) is 81.8 Å². The van der Waals surface area contributed by atoms with Crippen molar-refractivity contribution in [2.45, 2.75) is 71.4 Å². The summed E-state index contributed by atoms with van der Waals surface area (Å²) >= 11 is 5.65. The van der Waals surface area contributed by atoms with Gasteiger partial charge in [0.2, 0.25) is 10.0 Å². The third kappa shape index (κ3) is 5.55. The molecule has 216 valence electrons. The van der Waals surface area contributed by atoms with Crippen LogP contribution in [0.5, 0.6) is 5.75 Å². The number of nitrogens with zero attached hydrogens (tertiary/aromatic N) is 5. The first-order valence-electron chi connectivity index (χ1n) is 13.6. The Kier molecular flexibility index (Phi) is 10.0. The van der Waals surface area contributed by atoms with Crippen molar-refractivity contribution in [1.29, 1.82) is 0 Å². The number of sulfonamides is 1. The molecule has 12 heteroatoms. The van der Waals surface area contributed by atoms with E-state index in [1.807, 2.05) is 14.0 Å². The highest BCUT2D eigenvalue weighted by Crippen LogP contribution is 2.35. The van der Waals surface area contributed by atoms with Gasteiger partial charge in [0.25, 0.3) is 0 Å². The van der Waals surface area contributed by atoms with Crippen LogP contribution in [0.1, 0.15) is 53.7 Å². The van der Waals surface area contributed by atoms with Crippen molar-refractivity contribution in [3.63, 3.8) is 0 Å². The van der Waals surface area contributed by atoms with Crippen LogP contribution in [0, 0.1) is 4.64 Å². The maximum absolute atomic E-state index is 14.0. The predicted octanol–water partition coefficient (Wildman–Crippen LogP) is 1.69. The molecule has 0 radical (unpaired) electrons. The summed E-state index contributed by atoms with van der Waals surface area (Å²) in [5, 5.41) is 4.64. The van der Waals surface area contributed by atoms with Gasteiger partial charge in [0.05, 0.1) is 54.5 Å². The maximum atomic E-state index is 14.0. The van der Waals surface area contributed by atoms with Crippen LogP contribution < -0.4 is 21.7 Å². The summed E-state index contributed by atoms with van der Waals surface area (Å²) in [4.78, 5) is 8.29. The molecule has 0 unspecified atom stereocenters. The maximum Gasteiger partial charge on any atom is 0.243 e. The summed E-state index contributed by atoms with van der Waals surface area (Å²) < 4.78 is 38.5. The number of rotatable bonds is 9. The summed E-state index contributed by atoms with van der Waals surface area (Å²) in [6, 6.07) is 5.43. The molecule has 3 aromatic rings. The number of quaternary nitrogens is 1. The van der Waals surface area contributed by atoms with Crippen LogP contribution in [0.2, 0.25) is 0 Å². The lowest BCUT2D eigenvalue weighted by Crippen LogP contribution is -3.00. The number of aromatic nitrogens is 4. The van der Waals surface area contributed by atoms with Crippen molar-refractivity contribution in [1.82, 2.24) is 24.1 Å². The molecular weight excluding hydrogens is 600 g/mol. The lowest BCUT2D eigenvalue weighted by Gasteiger charge is -2.52. The Labute approximate surface area is 248 Å². The largest absolute Gasteiger partial charge is 1.00 e. The van der Waals surface area contributed by atoms with E-state index in [-0.39, 0.29) is 34.0 Å². The van der Waals surface area contributed by atoms with Gasteiger partial charge in [-0.2, -0.15) is 9.40 Å². The molecule has 1 aliphatic heterocycles. The zero-order valence-electron chi connectivity index (χ0n) is 24.0. The lowest BCUT2D eigenvalue weighted by atomic mass is 10.0. The first-order valence-corrected chi connectivity index (χ1v) is 15.5. The minimum atomic E-state index is -3.74. The summed E-state index contributed by atoms with van der Waals surface area (Å²) in [7, 11) is -1.88. The molecule has 3 heterocycles. The SMILES string of the molecule is CCCc1nn(C)c2c(=S)nc(-c3cc(S(=O)(=O)N4C[C@@H](C)[N+](CC)(CC)[C@@H](C)C4)ccc3OCC)[nH]c12.[Br-]. The van der Waals surface area contributed by atoms with Gasteiger partial charge in [-0.3, -0.25) is 4.68 Å². The van der Waals surface area contributed by atoms with Crippen molar-refractivity contribution < 1.29 is 34.6 Å². The number of ether oxygens (including phenoxy) is 1. The molecule has 4 rings (SSSR count). The number of hydrogen-bond acceptors (Lipinski definition) is 6. The average molecular weight is 642 g/mol. The zero-order valence-corrected chi connectivity index (χ0v) is 27.2. The fourth-order valence-electron chi connectivity index (χ4n) is 6.17. The molecular formula is C27H41BrN6O3S2. The molecule has 39 heavy (non-hydrogen) atoms. The highest BCUT2D eigenvalue weighted by Gasteiger charge is 2.45. The third-order valence-electron chi connectivity index (χ3n) is 8.28. The van der Waals surface area contributed by atoms with Crippen LogP contribution in [0.4, 0.5) is 0 Å². The van der Waals surface area contributed by atoms with Gasteiger partial charge >= 0.3 is 0 Å². The highest BCUT2D eigenvalue weighted by molar-refractivity contribution is 7.89. The fourth-order valence-corrected chi connectivity index (χ4v) is 8.13. The van der Waals surface area contributed by atoms with E-state index in [4.69, 9.17) is 17.0 Å². The van der Waals surface area contributed by atoms with E-state index in [1.165, 1.54) is 0 Å². The van der Waals surface area contributed by atoms with Crippen LogP contribution in [0.25, 0.3) is 22.4 Å². The first-order chi connectivity index (χ1) is 18.0. The van der Waals surface area contributed by atoms with Crippen molar-refractivity contribution >= 4 is 33.3 Å². The topological polar surface area (TPSA) is 93.1 Å². The summed E-state index contributed by atoms with van der Waals surface area (Å²) in [5.41, 5.74) is 3.06. The van der Waals surface area contributed by atoms with Crippen molar-refractivity contribution in [2.75, 3.05) is 32.8 Å². The molecule has 0 saturated carbocycles. The Bertz CT molecular complexity index is 1470. The predicted molar refractivity (Wildman–Crippen MR) is 153 cm³/mol. The Morgan fingerprint density at radius 2 is 1.77 bits per heavy atom. The molecule has 0 amide bonds. The number of benzene rings is 1. The number of hydrogen-bond donors (Lipinski definition) is 1. The number of nitrogens with one attached hydrogen (secondary N) is 1. The Morgan fingerprint density at radius 1 is 1.13 bits per heavy atom. The molecule has 1 fully saturated rings. The van der Waals surface area contributed by atoms with Gasteiger partial charge < -0.3 is 31.2 Å². The molecule has 0 spiro atoms. The Morgan fingerprint density at radius 3 is 2.33 bits per heavy atom. The van der Waals surface area contributed by atoms with Crippen molar-refractivity contribution in [2.24, 2.45) is 7.05 Å². The molecule has 1 aromatic carbocycles. The smallest absolute Gasteiger partial charge is 0.243 e. The van der Waals surface area contributed by atoms with Gasteiger partial charge in [0, 0.05) is 7.05 Å². The van der Waals surface area contributed by atoms with Crippen LogP contribution in [0.15, 0.2) is 23.1 Å². The molecule has 0 bridgehead atoms. The molecule has 9 nitrogen and oxygen atoms in total. The first kappa shape index (κ1) is 31.7. The molecule has 2 aromatic heterocycles. The van der Waals surface area contributed by atoms with Crippen LogP contribution in [0.3, 0.4) is 0 Å². The monoisotopic (exact) mass is 640 g/mol. The number of aromatic amines is 1. The number of fused-ring (bicyclic) bond motifs is 1. The lowest BCUT2D eigenvalue weighted by molar-refractivity contribution is -0.970. The number of piperazine rings is 1. The van der Waals surface area contributed by atoms with Crippen LogP contribution in [-0.2, 0) is 23.5 Å². The van der Waals surface area contributed by atoms with E-state index >= 15 is 0 Å². The number of halogens is 1. The second-order valence-electron chi connectivity index (χ2n) is 10.3. The van der Waals surface area contributed by atoms with E-state index in [0.29, 0.717) is 41.5 Å². The van der Waals surface area contributed by atoms with Gasteiger partial charge in [-0.25, -0.2) is 13.4 Å². The summed E-state index contributed by atoms with van der Waals surface area (Å²) in [6.07, 6.45) is 1.73. The van der Waals surface area contributed by atoms with Gasteiger partial charge in [0.1, 0.15) is 29.2 Å². The molecule has 1 aliphatic rings. The van der Waals surface area contributed by atoms with E-state index in [1.54, 1.807) is 27.2 Å². The van der Waals surface area contributed by atoms with Gasteiger partial charge in [0.15, 0.2) is 4.64 Å².